The zero-order valence-electron chi connectivity index (χ0n) is 9.61. The van der Waals surface area contributed by atoms with Gasteiger partial charge in [-0.15, -0.1) is 11.8 Å². The number of nitrogens with zero attached hydrogens (tertiary/aromatic N) is 2. The number of halogens is 1. The molecular weight excluding hydrogens is 343 g/mol. The molecule has 0 fully saturated rings. The average Bonchev–Trinajstić information content (AvgIpc) is 2.66. The maximum Gasteiger partial charge on any atom is 0.0630 e. The molecule has 88 valence electrons. The Kier molecular flexibility index (Phi) is 4.35. The van der Waals surface area contributed by atoms with Crippen molar-refractivity contribution < 1.29 is 0 Å². The van der Waals surface area contributed by atoms with Crippen LogP contribution >= 0.6 is 34.4 Å². The summed E-state index contributed by atoms with van der Waals surface area (Å²) in [5, 5.41) is 9.89. The molecule has 1 heterocycles. The monoisotopic (exact) mass is 356 g/mol. The molecule has 4 heteroatoms. The van der Waals surface area contributed by atoms with E-state index in [1.54, 1.807) is 11.8 Å². The highest BCUT2D eigenvalue weighted by Crippen LogP contribution is 2.31. The Morgan fingerprint density at radius 1 is 1.47 bits per heavy atom. The van der Waals surface area contributed by atoms with Gasteiger partial charge in [0, 0.05) is 45.6 Å². The third kappa shape index (κ3) is 2.78. The maximum absolute atomic E-state index is 8.58. The third-order valence-corrected chi connectivity index (χ3v) is 4.57. The van der Waals surface area contributed by atoms with Crippen molar-refractivity contribution in [3.05, 3.63) is 30.0 Å². The van der Waals surface area contributed by atoms with E-state index < -0.39 is 0 Å². The number of thioether (sulfide) groups is 1. The Balaban J connectivity index is 2.38. The second-order valence-corrected chi connectivity index (χ2v) is 5.75. The van der Waals surface area contributed by atoms with Crippen LogP contribution < -0.4 is 0 Å². The smallest absolute Gasteiger partial charge is 0.0630 e. The molecule has 1 aromatic carbocycles. The van der Waals surface area contributed by atoms with E-state index in [9.17, 15) is 0 Å². The van der Waals surface area contributed by atoms with E-state index in [2.05, 4.69) is 64.7 Å². The van der Waals surface area contributed by atoms with Crippen LogP contribution in [0.15, 0.2) is 29.3 Å². The van der Waals surface area contributed by atoms with Gasteiger partial charge >= 0.3 is 0 Å². The summed E-state index contributed by atoms with van der Waals surface area (Å²) in [6.07, 6.45) is 2.76. The van der Waals surface area contributed by atoms with Gasteiger partial charge in [-0.2, -0.15) is 5.26 Å². The molecular formula is C13H13IN2S. The topological polar surface area (TPSA) is 28.7 Å². The third-order valence-electron chi connectivity index (χ3n) is 2.64. The largest absolute Gasteiger partial charge is 0.349 e. The highest BCUT2D eigenvalue weighted by molar-refractivity contribution is 14.1. The molecule has 1 aromatic heterocycles. The first-order valence-electron chi connectivity index (χ1n) is 5.40. The predicted octanol–water partition coefficient (Wildman–Crippen LogP) is 4.12. The maximum atomic E-state index is 8.58. The number of fused-ring (bicyclic) bond motifs is 1. The Morgan fingerprint density at radius 3 is 3.00 bits per heavy atom. The lowest BCUT2D eigenvalue weighted by molar-refractivity contribution is 0.957. The van der Waals surface area contributed by atoms with Crippen LogP contribution in [0.2, 0.25) is 0 Å². The number of benzene rings is 1. The van der Waals surface area contributed by atoms with E-state index >= 15 is 0 Å². The van der Waals surface area contributed by atoms with Crippen molar-refractivity contribution in [3.63, 3.8) is 0 Å². The molecule has 17 heavy (non-hydrogen) atoms. The van der Waals surface area contributed by atoms with E-state index in [0.29, 0.717) is 6.42 Å². The van der Waals surface area contributed by atoms with Gasteiger partial charge in [0.15, 0.2) is 0 Å². The van der Waals surface area contributed by atoms with Crippen molar-refractivity contribution in [2.75, 3.05) is 5.75 Å². The van der Waals surface area contributed by atoms with Crippen molar-refractivity contribution in [2.24, 2.45) is 7.05 Å². The lowest BCUT2D eigenvalue weighted by atomic mass is 10.2. The highest BCUT2D eigenvalue weighted by atomic mass is 127. The standard InChI is InChI=1S/C13H13IN2S/c1-16-9-13(17-6-2-5-15)11-7-10(8-14)3-4-12(11)16/h3-4,7,9H,2,6,8H2,1H3. The zero-order valence-corrected chi connectivity index (χ0v) is 12.6. The first-order chi connectivity index (χ1) is 8.26. The number of alkyl halides is 1. The number of aryl methyl sites for hydroxylation is 1. The van der Waals surface area contributed by atoms with Crippen molar-refractivity contribution in [3.8, 4) is 6.07 Å². The molecule has 0 spiro atoms. The van der Waals surface area contributed by atoms with Gasteiger partial charge in [-0.05, 0) is 17.7 Å². The van der Waals surface area contributed by atoms with Crippen molar-refractivity contribution >= 4 is 45.3 Å². The summed E-state index contributed by atoms with van der Waals surface area (Å²) in [5.74, 6) is 0.865. The summed E-state index contributed by atoms with van der Waals surface area (Å²) >= 11 is 4.15. The van der Waals surface area contributed by atoms with Gasteiger partial charge < -0.3 is 4.57 Å². The van der Waals surface area contributed by atoms with E-state index in [-0.39, 0.29) is 0 Å². The van der Waals surface area contributed by atoms with Crippen LogP contribution in [0.5, 0.6) is 0 Å². The number of hydrogen-bond donors (Lipinski definition) is 0. The second-order valence-electron chi connectivity index (χ2n) is 3.85. The van der Waals surface area contributed by atoms with Gasteiger partial charge in [0.1, 0.15) is 0 Å². The van der Waals surface area contributed by atoms with Crippen LogP contribution in [0.3, 0.4) is 0 Å². The molecule has 0 N–H and O–H groups in total. The first kappa shape index (κ1) is 12.8. The summed E-state index contributed by atoms with van der Waals surface area (Å²) in [4.78, 5) is 1.28. The molecule has 0 radical (unpaired) electrons. The molecule has 0 aliphatic carbocycles. The van der Waals surface area contributed by atoms with Crippen LogP contribution in [0.25, 0.3) is 10.9 Å². The van der Waals surface area contributed by atoms with Crippen LogP contribution in [0.1, 0.15) is 12.0 Å². The fourth-order valence-electron chi connectivity index (χ4n) is 1.81. The normalized spacial score (nSPS) is 10.6. The van der Waals surface area contributed by atoms with Crippen molar-refractivity contribution in [1.82, 2.24) is 4.57 Å². The Hall–Kier alpha value is -0.670. The summed E-state index contributed by atoms with van der Waals surface area (Å²) in [7, 11) is 2.07. The fraction of sp³-hybridized carbons (Fsp3) is 0.308. The van der Waals surface area contributed by atoms with Gasteiger partial charge in [0.05, 0.1) is 6.07 Å². The van der Waals surface area contributed by atoms with Gasteiger partial charge in [0.2, 0.25) is 0 Å². The zero-order chi connectivity index (χ0) is 12.3. The van der Waals surface area contributed by atoms with Crippen LogP contribution in [0, 0.1) is 11.3 Å². The fourth-order valence-corrected chi connectivity index (χ4v) is 3.25. The second kappa shape index (κ2) is 5.78. The van der Waals surface area contributed by atoms with Crippen LogP contribution in [-0.4, -0.2) is 10.3 Å². The van der Waals surface area contributed by atoms with Crippen molar-refractivity contribution in [1.29, 1.82) is 5.26 Å². The average molecular weight is 356 g/mol. The lowest BCUT2D eigenvalue weighted by Gasteiger charge is -2.00. The van der Waals surface area contributed by atoms with Crippen LogP contribution in [-0.2, 0) is 11.5 Å². The minimum absolute atomic E-state index is 0.604. The Morgan fingerprint density at radius 2 is 2.29 bits per heavy atom. The van der Waals surface area contributed by atoms with Gasteiger partial charge in [-0.3, -0.25) is 0 Å². The molecule has 2 aromatic rings. The lowest BCUT2D eigenvalue weighted by Crippen LogP contribution is -1.83. The number of nitriles is 1. The molecule has 0 amide bonds. The predicted molar refractivity (Wildman–Crippen MR) is 81.6 cm³/mol. The molecule has 0 bridgehead atoms. The molecule has 0 atom stereocenters. The van der Waals surface area contributed by atoms with Gasteiger partial charge in [-0.25, -0.2) is 0 Å². The minimum atomic E-state index is 0.604. The Labute approximate surface area is 119 Å². The number of aromatic nitrogens is 1. The SMILES string of the molecule is Cn1cc(SCCC#N)c2cc(CI)ccc21. The van der Waals surface area contributed by atoms with Crippen LogP contribution in [0.4, 0.5) is 0 Å². The molecule has 0 aliphatic rings. The summed E-state index contributed by atoms with van der Waals surface area (Å²) in [6, 6.07) is 8.80. The molecule has 0 unspecified atom stereocenters. The molecule has 0 saturated heterocycles. The summed E-state index contributed by atoms with van der Waals surface area (Å²) in [5.41, 5.74) is 2.62. The number of rotatable bonds is 4. The first-order valence-corrected chi connectivity index (χ1v) is 7.91. The molecule has 2 rings (SSSR count). The van der Waals surface area contributed by atoms with Crippen molar-refractivity contribution in [2.45, 2.75) is 15.7 Å². The summed E-state index contributed by atoms with van der Waals surface area (Å²) < 4.78 is 3.19. The highest BCUT2D eigenvalue weighted by Gasteiger charge is 2.07. The molecule has 0 aliphatic heterocycles. The number of hydrogen-bond acceptors (Lipinski definition) is 2. The van der Waals surface area contributed by atoms with E-state index in [1.165, 1.54) is 21.4 Å². The minimum Gasteiger partial charge on any atom is -0.349 e. The quantitative estimate of drug-likeness (QED) is 0.357. The van der Waals surface area contributed by atoms with E-state index in [1.807, 2.05) is 0 Å². The molecule has 0 saturated carbocycles. The van der Waals surface area contributed by atoms with Gasteiger partial charge in [0.25, 0.3) is 0 Å². The van der Waals surface area contributed by atoms with Gasteiger partial charge in [-0.1, -0.05) is 28.7 Å². The van der Waals surface area contributed by atoms with E-state index in [4.69, 9.17) is 5.26 Å². The van der Waals surface area contributed by atoms with E-state index in [0.717, 1.165) is 10.2 Å². The Bertz CT molecular complexity index is 569. The summed E-state index contributed by atoms with van der Waals surface area (Å²) in [6.45, 7) is 0. The molecule has 2 nitrogen and oxygen atoms in total.